The molecule has 0 aliphatic heterocycles. The zero-order chi connectivity index (χ0) is 20.0. The average molecular weight is 434 g/mol. The Kier molecular flexibility index (Phi) is 7.02. The van der Waals surface area contributed by atoms with Crippen LogP contribution in [0.5, 0.6) is 5.75 Å². The minimum Gasteiger partial charge on any atom is -0.483 e. The number of carbonyl (C=O) groups is 2. The fraction of sp³-hybridized carbons (Fsp3) is 0.333. The van der Waals surface area contributed by atoms with Crippen LogP contribution in [0.15, 0.2) is 46.9 Å². The van der Waals surface area contributed by atoms with E-state index in [-0.39, 0.29) is 24.5 Å². The second-order valence-corrected chi connectivity index (χ2v) is 7.91. The van der Waals surface area contributed by atoms with Crippen molar-refractivity contribution in [3.63, 3.8) is 0 Å². The molecule has 0 fully saturated rings. The second-order valence-electron chi connectivity index (χ2n) is 6.99. The summed E-state index contributed by atoms with van der Waals surface area (Å²) >= 11 is 3.47. The van der Waals surface area contributed by atoms with Crippen LogP contribution in [-0.4, -0.2) is 25.1 Å². The molecule has 0 radical (unpaired) electrons. The van der Waals surface area contributed by atoms with Gasteiger partial charge in [-0.2, -0.15) is 0 Å². The number of halogens is 1. The van der Waals surface area contributed by atoms with E-state index in [1.807, 2.05) is 18.2 Å². The van der Waals surface area contributed by atoms with Crippen LogP contribution in [0, 0.1) is 0 Å². The molecule has 0 heterocycles. The van der Waals surface area contributed by atoms with E-state index in [9.17, 15) is 9.59 Å². The van der Waals surface area contributed by atoms with Gasteiger partial charge in [-0.1, -0.05) is 48.8 Å². The molecule has 0 aliphatic carbocycles. The van der Waals surface area contributed by atoms with Crippen molar-refractivity contribution >= 4 is 33.5 Å². The van der Waals surface area contributed by atoms with Crippen molar-refractivity contribution < 1.29 is 19.1 Å². The van der Waals surface area contributed by atoms with Crippen molar-refractivity contribution in [2.24, 2.45) is 0 Å². The molecule has 0 unspecified atom stereocenters. The minimum atomic E-state index is -0.475. The van der Waals surface area contributed by atoms with Crippen molar-refractivity contribution in [3.8, 4) is 5.75 Å². The quantitative estimate of drug-likeness (QED) is 0.655. The van der Waals surface area contributed by atoms with E-state index in [1.54, 1.807) is 31.2 Å². The smallest absolute Gasteiger partial charge is 0.340 e. The highest BCUT2D eigenvalue weighted by Crippen LogP contribution is 2.33. The molecule has 0 atom stereocenters. The lowest BCUT2D eigenvalue weighted by Crippen LogP contribution is -2.23. The van der Waals surface area contributed by atoms with Crippen molar-refractivity contribution in [2.45, 2.75) is 33.1 Å². The first kappa shape index (κ1) is 21.0. The lowest BCUT2D eigenvalue weighted by atomic mass is 9.86. The number of amides is 1. The van der Waals surface area contributed by atoms with E-state index in [2.05, 4.69) is 42.0 Å². The van der Waals surface area contributed by atoms with Gasteiger partial charge in [0.2, 0.25) is 0 Å². The first-order valence-electron chi connectivity index (χ1n) is 8.71. The van der Waals surface area contributed by atoms with Crippen molar-refractivity contribution in [2.75, 3.05) is 18.5 Å². The molecular formula is C21H24BrNO4. The number of nitrogens with one attached hydrogen (secondary N) is 1. The van der Waals surface area contributed by atoms with Crippen LogP contribution >= 0.6 is 15.9 Å². The second kappa shape index (κ2) is 9.04. The average Bonchev–Trinajstić information content (AvgIpc) is 2.60. The number of carbonyl (C=O) groups excluding carboxylic acids is 2. The zero-order valence-electron chi connectivity index (χ0n) is 16.0. The summed E-state index contributed by atoms with van der Waals surface area (Å²) in [5.74, 6) is -0.175. The first-order chi connectivity index (χ1) is 12.7. The summed E-state index contributed by atoms with van der Waals surface area (Å²) in [5, 5.41) is 2.72. The molecule has 5 nitrogen and oxygen atoms in total. The standard InChI is InChI=1S/C21H24BrNO4/c1-5-26-20(25)15-8-6-7-9-17(15)23-19(24)13-27-18-11-10-14(22)12-16(18)21(2,3)4/h6-12H,5,13H2,1-4H3,(H,23,24). The SMILES string of the molecule is CCOC(=O)c1ccccc1NC(=O)COc1ccc(Br)cc1C(C)(C)C. The van der Waals surface area contributed by atoms with Gasteiger partial charge >= 0.3 is 5.97 Å². The maximum absolute atomic E-state index is 12.3. The van der Waals surface area contributed by atoms with Crippen LogP contribution < -0.4 is 10.1 Å². The molecule has 0 bridgehead atoms. The third-order valence-electron chi connectivity index (χ3n) is 3.80. The van der Waals surface area contributed by atoms with Gasteiger partial charge in [-0.3, -0.25) is 4.79 Å². The molecule has 144 valence electrons. The number of ether oxygens (including phenoxy) is 2. The Hall–Kier alpha value is -2.34. The Balaban J connectivity index is 2.10. The lowest BCUT2D eigenvalue weighted by Gasteiger charge is -2.23. The molecule has 1 amide bonds. The van der Waals surface area contributed by atoms with Crippen LogP contribution in [0.25, 0.3) is 0 Å². The third-order valence-corrected chi connectivity index (χ3v) is 4.30. The maximum atomic E-state index is 12.3. The van der Waals surface area contributed by atoms with Gasteiger partial charge in [0.05, 0.1) is 17.9 Å². The van der Waals surface area contributed by atoms with E-state index in [0.717, 1.165) is 10.0 Å². The molecule has 0 saturated heterocycles. The molecule has 27 heavy (non-hydrogen) atoms. The van der Waals surface area contributed by atoms with Gasteiger partial charge in [0.25, 0.3) is 5.91 Å². The highest BCUT2D eigenvalue weighted by molar-refractivity contribution is 9.10. The van der Waals surface area contributed by atoms with Gasteiger partial charge in [-0.25, -0.2) is 4.79 Å². The van der Waals surface area contributed by atoms with E-state index in [0.29, 0.717) is 17.0 Å². The van der Waals surface area contributed by atoms with Crippen molar-refractivity contribution in [1.82, 2.24) is 0 Å². The Labute approximate surface area is 168 Å². The van der Waals surface area contributed by atoms with E-state index in [4.69, 9.17) is 9.47 Å². The van der Waals surface area contributed by atoms with Gasteiger partial charge in [-0.15, -0.1) is 0 Å². The monoisotopic (exact) mass is 433 g/mol. The topological polar surface area (TPSA) is 64.6 Å². The van der Waals surface area contributed by atoms with Crippen LogP contribution in [0.2, 0.25) is 0 Å². The van der Waals surface area contributed by atoms with Gasteiger partial charge in [0.1, 0.15) is 5.75 Å². The first-order valence-corrected chi connectivity index (χ1v) is 9.50. The number of hydrogen-bond donors (Lipinski definition) is 1. The van der Waals surface area contributed by atoms with E-state index in [1.165, 1.54) is 0 Å². The van der Waals surface area contributed by atoms with Gasteiger partial charge in [-0.05, 0) is 42.7 Å². The van der Waals surface area contributed by atoms with Crippen molar-refractivity contribution in [3.05, 3.63) is 58.1 Å². The highest BCUT2D eigenvalue weighted by Gasteiger charge is 2.20. The fourth-order valence-electron chi connectivity index (χ4n) is 2.52. The fourth-order valence-corrected chi connectivity index (χ4v) is 2.88. The summed E-state index contributed by atoms with van der Waals surface area (Å²) in [6.07, 6.45) is 0. The summed E-state index contributed by atoms with van der Waals surface area (Å²) in [6, 6.07) is 12.4. The Morgan fingerprint density at radius 3 is 2.48 bits per heavy atom. The van der Waals surface area contributed by atoms with E-state index < -0.39 is 5.97 Å². The number of rotatable bonds is 6. The largest absolute Gasteiger partial charge is 0.483 e. The number of esters is 1. The summed E-state index contributed by atoms with van der Waals surface area (Å²) in [4.78, 5) is 24.4. The van der Waals surface area contributed by atoms with Gasteiger partial charge in [0, 0.05) is 10.0 Å². The van der Waals surface area contributed by atoms with Crippen LogP contribution in [0.3, 0.4) is 0 Å². The molecule has 2 rings (SSSR count). The van der Waals surface area contributed by atoms with E-state index >= 15 is 0 Å². The Morgan fingerprint density at radius 1 is 1.11 bits per heavy atom. The molecule has 0 aromatic heterocycles. The zero-order valence-corrected chi connectivity index (χ0v) is 17.6. The summed E-state index contributed by atoms with van der Waals surface area (Å²) in [5.41, 5.74) is 1.58. The molecular weight excluding hydrogens is 410 g/mol. The molecule has 2 aromatic rings. The number of para-hydroxylation sites is 1. The van der Waals surface area contributed by atoms with Gasteiger partial charge < -0.3 is 14.8 Å². The van der Waals surface area contributed by atoms with Crippen LogP contribution in [0.1, 0.15) is 43.6 Å². The third kappa shape index (κ3) is 5.82. The lowest BCUT2D eigenvalue weighted by molar-refractivity contribution is -0.118. The van der Waals surface area contributed by atoms with Gasteiger partial charge in [0.15, 0.2) is 6.61 Å². The summed E-state index contributed by atoms with van der Waals surface area (Å²) in [7, 11) is 0. The maximum Gasteiger partial charge on any atom is 0.340 e. The molecule has 6 heteroatoms. The normalized spacial score (nSPS) is 11.0. The minimum absolute atomic E-state index is 0.133. The number of hydrogen-bond acceptors (Lipinski definition) is 4. The van der Waals surface area contributed by atoms with Crippen LogP contribution in [0.4, 0.5) is 5.69 Å². The molecule has 0 saturated carbocycles. The molecule has 2 aromatic carbocycles. The number of benzene rings is 2. The predicted molar refractivity (Wildman–Crippen MR) is 109 cm³/mol. The molecule has 0 aliphatic rings. The predicted octanol–water partition coefficient (Wildman–Crippen LogP) is 4.94. The summed E-state index contributed by atoms with van der Waals surface area (Å²) < 4.78 is 11.7. The highest BCUT2D eigenvalue weighted by atomic mass is 79.9. The molecule has 1 N–H and O–H groups in total. The van der Waals surface area contributed by atoms with Crippen LogP contribution in [-0.2, 0) is 14.9 Å². The number of anilines is 1. The van der Waals surface area contributed by atoms with Crippen molar-refractivity contribution in [1.29, 1.82) is 0 Å². The Bertz CT molecular complexity index is 827. The Morgan fingerprint density at radius 2 is 1.81 bits per heavy atom. The molecule has 0 spiro atoms. The summed E-state index contributed by atoms with van der Waals surface area (Å²) in [6.45, 7) is 8.08.